The largest absolute Gasteiger partial charge is 0.504 e. The topological polar surface area (TPSA) is 91.4 Å². The lowest BCUT2D eigenvalue weighted by Gasteiger charge is -2.19. The van der Waals surface area contributed by atoms with Gasteiger partial charge in [0.05, 0.1) is 5.52 Å². The Morgan fingerprint density at radius 3 is 2.60 bits per heavy atom. The number of pyridine rings is 1. The maximum atomic E-state index is 11.8. The van der Waals surface area contributed by atoms with Crippen LogP contribution in [-0.4, -0.2) is 21.7 Å². The molecule has 0 fully saturated rings. The third-order valence-corrected chi connectivity index (χ3v) is 2.52. The molecule has 0 spiro atoms. The van der Waals surface area contributed by atoms with Crippen molar-refractivity contribution < 1.29 is 14.6 Å². The van der Waals surface area contributed by atoms with E-state index in [0.717, 1.165) is 0 Å². The van der Waals surface area contributed by atoms with Crippen LogP contribution < -0.4 is 15.6 Å². The first-order valence-corrected chi connectivity index (χ1v) is 6.12. The van der Waals surface area contributed by atoms with E-state index >= 15 is 0 Å². The summed E-state index contributed by atoms with van der Waals surface area (Å²) in [5, 5.41) is 13.0. The van der Waals surface area contributed by atoms with Gasteiger partial charge in [-0.15, -0.1) is 0 Å². The molecular formula is C14H16N2O4. The average molecular weight is 276 g/mol. The van der Waals surface area contributed by atoms with Gasteiger partial charge in [0.15, 0.2) is 5.75 Å². The third-order valence-electron chi connectivity index (χ3n) is 2.52. The summed E-state index contributed by atoms with van der Waals surface area (Å²) >= 11 is 0. The van der Waals surface area contributed by atoms with Crippen molar-refractivity contribution in [2.75, 3.05) is 0 Å². The lowest BCUT2D eigenvalue weighted by atomic mass is 10.1. The van der Waals surface area contributed by atoms with Crippen LogP contribution >= 0.6 is 0 Å². The van der Waals surface area contributed by atoms with Crippen molar-refractivity contribution in [1.29, 1.82) is 0 Å². The number of hydrogen-bond acceptors (Lipinski definition) is 4. The SMILES string of the molecule is CC(C)(C)NC(=O)Oc1c(O)c2ccccc2[nH]c1=O. The van der Waals surface area contributed by atoms with Gasteiger partial charge in [0, 0.05) is 10.9 Å². The molecule has 0 aliphatic carbocycles. The van der Waals surface area contributed by atoms with E-state index in [4.69, 9.17) is 4.74 Å². The van der Waals surface area contributed by atoms with Crippen LogP contribution in [0.3, 0.4) is 0 Å². The highest BCUT2D eigenvalue weighted by Crippen LogP contribution is 2.29. The summed E-state index contributed by atoms with van der Waals surface area (Å²) in [5.74, 6) is -0.765. The number of aromatic hydroxyl groups is 1. The lowest BCUT2D eigenvalue weighted by molar-refractivity contribution is 0.188. The second kappa shape index (κ2) is 4.88. The number of carbonyl (C=O) groups excluding carboxylic acids is 1. The van der Waals surface area contributed by atoms with Gasteiger partial charge in [-0.1, -0.05) is 12.1 Å². The van der Waals surface area contributed by atoms with Crippen LogP contribution in [0.5, 0.6) is 11.5 Å². The molecule has 0 saturated heterocycles. The van der Waals surface area contributed by atoms with Crippen LogP contribution in [-0.2, 0) is 0 Å². The molecule has 0 aliphatic rings. The molecule has 3 N–H and O–H groups in total. The zero-order valence-electron chi connectivity index (χ0n) is 11.5. The van der Waals surface area contributed by atoms with Crippen molar-refractivity contribution >= 4 is 17.0 Å². The van der Waals surface area contributed by atoms with Gasteiger partial charge in [0.1, 0.15) is 0 Å². The molecule has 0 saturated carbocycles. The molecule has 1 aromatic heterocycles. The van der Waals surface area contributed by atoms with Crippen molar-refractivity contribution in [1.82, 2.24) is 10.3 Å². The van der Waals surface area contributed by atoms with Gasteiger partial charge in [0.25, 0.3) is 5.56 Å². The monoisotopic (exact) mass is 276 g/mol. The van der Waals surface area contributed by atoms with Gasteiger partial charge in [-0.25, -0.2) is 4.79 Å². The first-order chi connectivity index (χ1) is 9.28. The first kappa shape index (κ1) is 13.9. The minimum absolute atomic E-state index is 0.353. The van der Waals surface area contributed by atoms with Gasteiger partial charge in [0.2, 0.25) is 5.75 Å². The maximum Gasteiger partial charge on any atom is 0.413 e. The highest BCUT2D eigenvalue weighted by molar-refractivity contribution is 5.87. The summed E-state index contributed by atoms with van der Waals surface area (Å²) in [6, 6.07) is 6.70. The third kappa shape index (κ3) is 2.90. The van der Waals surface area contributed by atoms with Gasteiger partial charge >= 0.3 is 6.09 Å². The fraction of sp³-hybridized carbons (Fsp3) is 0.286. The molecule has 106 valence electrons. The van der Waals surface area contributed by atoms with E-state index in [2.05, 4.69) is 10.3 Å². The minimum Gasteiger partial charge on any atom is -0.504 e. The minimum atomic E-state index is -0.798. The molecule has 0 atom stereocenters. The quantitative estimate of drug-likeness (QED) is 0.744. The Morgan fingerprint density at radius 2 is 1.95 bits per heavy atom. The van der Waals surface area contributed by atoms with E-state index in [9.17, 15) is 14.7 Å². The maximum absolute atomic E-state index is 11.8. The summed E-state index contributed by atoms with van der Waals surface area (Å²) in [6.45, 7) is 5.33. The number of aromatic amines is 1. The van der Waals surface area contributed by atoms with Crippen LogP contribution in [0.15, 0.2) is 29.1 Å². The second-order valence-corrected chi connectivity index (χ2v) is 5.44. The molecule has 1 aromatic carbocycles. The first-order valence-electron chi connectivity index (χ1n) is 6.12. The predicted molar refractivity (Wildman–Crippen MR) is 75.1 cm³/mol. The molecule has 2 aromatic rings. The fourth-order valence-electron chi connectivity index (χ4n) is 1.73. The Bertz CT molecular complexity index is 713. The van der Waals surface area contributed by atoms with E-state index in [1.165, 1.54) is 0 Å². The standard InChI is InChI=1S/C14H16N2O4/c1-14(2,3)16-13(19)20-11-10(17)8-6-4-5-7-9(8)15-12(11)18/h4-7H,1-3H3,(H,16,19)(H2,15,17,18). The fourth-order valence-corrected chi connectivity index (χ4v) is 1.73. The summed E-state index contributed by atoms with van der Waals surface area (Å²) in [6.07, 6.45) is -0.798. The number of benzene rings is 1. The number of nitrogens with one attached hydrogen (secondary N) is 2. The Balaban J connectivity index is 2.40. The van der Waals surface area contributed by atoms with Crippen LogP contribution in [0.2, 0.25) is 0 Å². The summed E-state index contributed by atoms with van der Waals surface area (Å²) in [7, 11) is 0. The summed E-state index contributed by atoms with van der Waals surface area (Å²) in [4.78, 5) is 26.1. The smallest absolute Gasteiger partial charge is 0.413 e. The van der Waals surface area contributed by atoms with Crippen molar-refractivity contribution in [3.63, 3.8) is 0 Å². The van der Waals surface area contributed by atoms with Gasteiger partial charge in [-0.2, -0.15) is 0 Å². The summed E-state index contributed by atoms with van der Waals surface area (Å²) in [5.41, 5.74) is -0.695. The molecule has 0 unspecified atom stereocenters. The Morgan fingerprint density at radius 1 is 1.30 bits per heavy atom. The number of carbonyl (C=O) groups is 1. The normalized spacial score (nSPS) is 11.3. The molecule has 0 bridgehead atoms. The zero-order valence-corrected chi connectivity index (χ0v) is 11.5. The van der Waals surface area contributed by atoms with Crippen LogP contribution in [0.25, 0.3) is 10.9 Å². The number of fused-ring (bicyclic) bond motifs is 1. The van der Waals surface area contributed by atoms with Crippen LogP contribution in [0.1, 0.15) is 20.8 Å². The highest BCUT2D eigenvalue weighted by atomic mass is 16.6. The van der Waals surface area contributed by atoms with E-state index in [0.29, 0.717) is 10.9 Å². The average Bonchev–Trinajstić information content (AvgIpc) is 2.32. The van der Waals surface area contributed by atoms with Gasteiger partial charge < -0.3 is 20.1 Å². The number of ether oxygens (including phenoxy) is 1. The molecule has 6 nitrogen and oxygen atoms in total. The van der Waals surface area contributed by atoms with E-state index in [1.54, 1.807) is 45.0 Å². The second-order valence-electron chi connectivity index (χ2n) is 5.44. The van der Waals surface area contributed by atoms with Crippen molar-refractivity contribution in [3.8, 4) is 11.5 Å². The molecule has 2 rings (SSSR count). The Kier molecular flexibility index (Phi) is 3.40. The van der Waals surface area contributed by atoms with Crippen molar-refractivity contribution in [2.45, 2.75) is 26.3 Å². The number of H-pyrrole nitrogens is 1. The number of aromatic nitrogens is 1. The number of amides is 1. The summed E-state index contributed by atoms with van der Waals surface area (Å²) < 4.78 is 4.92. The lowest BCUT2D eigenvalue weighted by Crippen LogP contribution is -2.42. The van der Waals surface area contributed by atoms with Crippen LogP contribution in [0.4, 0.5) is 4.79 Å². The number of rotatable bonds is 1. The number of para-hydroxylation sites is 1. The Hall–Kier alpha value is -2.50. The van der Waals surface area contributed by atoms with Crippen LogP contribution in [0, 0.1) is 0 Å². The molecule has 0 radical (unpaired) electrons. The molecule has 1 heterocycles. The highest BCUT2D eigenvalue weighted by Gasteiger charge is 2.20. The predicted octanol–water partition coefficient (Wildman–Crippen LogP) is 2.12. The van der Waals surface area contributed by atoms with E-state index in [1.807, 2.05) is 0 Å². The van der Waals surface area contributed by atoms with Gasteiger partial charge in [-0.3, -0.25) is 4.79 Å². The molecule has 0 aliphatic heterocycles. The molecule has 20 heavy (non-hydrogen) atoms. The molecular weight excluding hydrogens is 260 g/mol. The van der Waals surface area contributed by atoms with E-state index in [-0.39, 0.29) is 5.75 Å². The molecule has 6 heteroatoms. The van der Waals surface area contributed by atoms with Gasteiger partial charge in [-0.05, 0) is 32.9 Å². The Labute approximate surface area is 115 Å². The van der Waals surface area contributed by atoms with Crippen molar-refractivity contribution in [3.05, 3.63) is 34.6 Å². The van der Waals surface area contributed by atoms with Crippen molar-refractivity contribution in [2.24, 2.45) is 0 Å². The molecule has 1 amide bonds. The van der Waals surface area contributed by atoms with E-state index < -0.39 is 22.9 Å². The zero-order chi connectivity index (χ0) is 14.9. The number of hydrogen-bond donors (Lipinski definition) is 3.